The van der Waals surface area contributed by atoms with E-state index in [4.69, 9.17) is 4.74 Å². The summed E-state index contributed by atoms with van der Waals surface area (Å²) in [4.78, 5) is 16.8. The molecule has 1 atom stereocenters. The molecular formula is C18H28N2O2. The van der Waals surface area contributed by atoms with Crippen molar-refractivity contribution in [2.45, 2.75) is 38.8 Å². The van der Waals surface area contributed by atoms with Gasteiger partial charge in [0.25, 0.3) is 0 Å². The normalized spacial score (nSPS) is 18.7. The van der Waals surface area contributed by atoms with Gasteiger partial charge in [-0.25, -0.2) is 0 Å². The minimum Gasteiger partial charge on any atom is -0.383 e. The van der Waals surface area contributed by atoms with Gasteiger partial charge in [-0.1, -0.05) is 30.3 Å². The van der Waals surface area contributed by atoms with E-state index in [2.05, 4.69) is 24.0 Å². The lowest BCUT2D eigenvalue weighted by atomic mass is 10.0. The molecule has 0 N–H and O–H groups in total. The summed E-state index contributed by atoms with van der Waals surface area (Å²) < 4.78 is 5.19. The second kappa shape index (κ2) is 8.91. The molecule has 4 heteroatoms. The van der Waals surface area contributed by atoms with E-state index >= 15 is 0 Å². The van der Waals surface area contributed by atoms with Gasteiger partial charge in [-0.3, -0.25) is 9.69 Å². The number of amides is 1. The van der Waals surface area contributed by atoms with E-state index in [1.54, 1.807) is 7.11 Å². The number of carbonyl (C=O) groups excluding carboxylic acids is 1. The Morgan fingerprint density at radius 2 is 2.09 bits per heavy atom. The minimum atomic E-state index is 0.249. The topological polar surface area (TPSA) is 32.8 Å². The molecule has 1 amide bonds. The summed E-state index contributed by atoms with van der Waals surface area (Å²) in [5.74, 6) is 0.249. The van der Waals surface area contributed by atoms with Crippen molar-refractivity contribution in [2.75, 3.05) is 33.4 Å². The van der Waals surface area contributed by atoms with Crippen molar-refractivity contribution in [3.05, 3.63) is 35.9 Å². The van der Waals surface area contributed by atoms with Crippen LogP contribution < -0.4 is 0 Å². The lowest BCUT2D eigenvalue weighted by molar-refractivity contribution is -0.135. The van der Waals surface area contributed by atoms with Crippen molar-refractivity contribution in [1.82, 2.24) is 9.80 Å². The van der Waals surface area contributed by atoms with Crippen molar-refractivity contribution >= 4 is 5.91 Å². The van der Waals surface area contributed by atoms with Crippen LogP contribution in [0.4, 0.5) is 0 Å². The van der Waals surface area contributed by atoms with Gasteiger partial charge in [0.2, 0.25) is 5.91 Å². The van der Waals surface area contributed by atoms with E-state index < -0.39 is 0 Å². The van der Waals surface area contributed by atoms with Crippen LogP contribution in [-0.4, -0.2) is 55.1 Å². The summed E-state index contributed by atoms with van der Waals surface area (Å²) in [7, 11) is 1.70. The van der Waals surface area contributed by atoms with Gasteiger partial charge in [0, 0.05) is 32.8 Å². The maximum atomic E-state index is 12.6. The highest BCUT2D eigenvalue weighted by molar-refractivity contribution is 5.78. The average molecular weight is 304 g/mol. The summed E-state index contributed by atoms with van der Waals surface area (Å²) in [5, 5.41) is 0. The van der Waals surface area contributed by atoms with Crippen LogP contribution in [0.5, 0.6) is 0 Å². The van der Waals surface area contributed by atoms with Gasteiger partial charge in [0.05, 0.1) is 13.2 Å². The molecule has 1 unspecified atom stereocenters. The summed E-state index contributed by atoms with van der Waals surface area (Å²) in [5.41, 5.74) is 1.23. The van der Waals surface area contributed by atoms with Crippen molar-refractivity contribution < 1.29 is 9.53 Å². The first-order valence-corrected chi connectivity index (χ1v) is 8.25. The number of benzene rings is 1. The molecule has 4 nitrogen and oxygen atoms in total. The molecule has 1 aliphatic rings. The van der Waals surface area contributed by atoms with Gasteiger partial charge >= 0.3 is 0 Å². The van der Waals surface area contributed by atoms with Crippen LogP contribution >= 0.6 is 0 Å². The second-order valence-electron chi connectivity index (χ2n) is 6.12. The van der Waals surface area contributed by atoms with Gasteiger partial charge in [-0.15, -0.1) is 0 Å². The number of carbonyl (C=O) groups is 1. The van der Waals surface area contributed by atoms with Crippen LogP contribution in [0.25, 0.3) is 0 Å². The molecule has 0 bridgehead atoms. The first-order chi connectivity index (χ1) is 10.7. The Morgan fingerprint density at radius 3 is 2.77 bits per heavy atom. The molecule has 2 rings (SSSR count). The Hall–Kier alpha value is -1.39. The standard InChI is InChI=1S/C18H28N2O2/c1-16-8-6-7-11-20(16)18(21)15-19(12-13-22-2)14-17-9-4-3-5-10-17/h3-5,9-10,16H,6-8,11-15H2,1-2H3. The quantitative estimate of drug-likeness (QED) is 0.776. The van der Waals surface area contributed by atoms with E-state index in [0.29, 0.717) is 19.2 Å². The third-order valence-electron chi connectivity index (χ3n) is 4.34. The molecule has 1 saturated heterocycles. The molecule has 0 saturated carbocycles. The monoisotopic (exact) mass is 304 g/mol. The van der Waals surface area contributed by atoms with Crippen LogP contribution in [-0.2, 0) is 16.1 Å². The number of ether oxygens (including phenoxy) is 1. The number of methoxy groups -OCH3 is 1. The van der Waals surface area contributed by atoms with Crippen molar-refractivity contribution in [2.24, 2.45) is 0 Å². The van der Waals surface area contributed by atoms with Crippen LogP contribution in [0.2, 0.25) is 0 Å². The average Bonchev–Trinajstić information content (AvgIpc) is 2.54. The first-order valence-electron chi connectivity index (χ1n) is 8.25. The van der Waals surface area contributed by atoms with Crippen molar-refractivity contribution in [3.63, 3.8) is 0 Å². The highest BCUT2D eigenvalue weighted by Gasteiger charge is 2.24. The largest absolute Gasteiger partial charge is 0.383 e. The Bertz CT molecular complexity index is 450. The van der Waals surface area contributed by atoms with E-state index in [9.17, 15) is 4.79 Å². The molecule has 1 heterocycles. The highest BCUT2D eigenvalue weighted by Crippen LogP contribution is 2.17. The molecule has 1 fully saturated rings. The maximum absolute atomic E-state index is 12.6. The predicted octanol–water partition coefficient (Wildman–Crippen LogP) is 2.54. The number of likely N-dealkylation sites (tertiary alicyclic amines) is 1. The van der Waals surface area contributed by atoms with Crippen LogP contribution in [0.3, 0.4) is 0 Å². The highest BCUT2D eigenvalue weighted by atomic mass is 16.5. The maximum Gasteiger partial charge on any atom is 0.236 e. The Morgan fingerprint density at radius 1 is 1.32 bits per heavy atom. The zero-order valence-corrected chi connectivity index (χ0v) is 13.8. The fourth-order valence-electron chi connectivity index (χ4n) is 3.03. The van der Waals surface area contributed by atoms with Crippen LogP contribution in [0.1, 0.15) is 31.7 Å². The smallest absolute Gasteiger partial charge is 0.236 e. The third kappa shape index (κ3) is 5.11. The Balaban J connectivity index is 1.94. The number of hydrogen-bond donors (Lipinski definition) is 0. The number of piperidine rings is 1. The molecule has 0 aromatic heterocycles. The third-order valence-corrected chi connectivity index (χ3v) is 4.34. The molecule has 1 aromatic rings. The zero-order chi connectivity index (χ0) is 15.8. The van der Waals surface area contributed by atoms with Crippen LogP contribution in [0.15, 0.2) is 30.3 Å². The molecular weight excluding hydrogens is 276 g/mol. The summed E-state index contributed by atoms with van der Waals surface area (Å²) in [6.45, 7) is 5.76. The summed E-state index contributed by atoms with van der Waals surface area (Å²) >= 11 is 0. The van der Waals surface area contributed by atoms with E-state index in [0.717, 1.165) is 32.5 Å². The lowest BCUT2D eigenvalue weighted by Crippen LogP contribution is -2.47. The lowest BCUT2D eigenvalue weighted by Gasteiger charge is -2.35. The first kappa shape index (κ1) is 17.0. The summed E-state index contributed by atoms with van der Waals surface area (Å²) in [6.07, 6.45) is 3.50. The van der Waals surface area contributed by atoms with Crippen LogP contribution in [0, 0.1) is 0 Å². The Labute approximate surface area is 134 Å². The van der Waals surface area contributed by atoms with E-state index in [1.807, 2.05) is 23.1 Å². The Kier molecular flexibility index (Phi) is 6.87. The molecule has 0 spiro atoms. The molecule has 0 aliphatic carbocycles. The van der Waals surface area contributed by atoms with Crippen molar-refractivity contribution in [3.8, 4) is 0 Å². The predicted molar refractivity (Wildman–Crippen MR) is 88.6 cm³/mol. The van der Waals surface area contributed by atoms with Gasteiger partial charge in [0.15, 0.2) is 0 Å². The zero-order valence-electron chi connectivity index (χ0n) is 13.8. The molecule has 22 heavy (non-hydrogen) atoms. The summed E-state index contributed by atoms with van der Waals surface area (Å²) in [6, 6.07) is 10.7. The molecule has 1 aromatic carbocycles. The fourth-order valence-corrected chi connectivity index (χ4v) is 3.03. The SMILES string of the molecule is COCCN(CC(=O)N1CCCCC1C)Cc1ccccc1. The van der Waals surface area contributed by atoms with Gasteiger partial charge < -0.3 is 9.64 Å². The fraction of sp³-hybridized carbons (Fsp3) is 0.611. The van der Waals surface area contributed by atoms with Gasteiger partial charge in [-0.2, -0.15) is 0 Å². The van der Waals surface area contributed by atoms with Crippen molar-refractivity contribution in [1.29, 1.82) is 0 Å². The van der Waals surface area contributed by atoms with E-state index in [-0.39, 0.29) is 5.91 Å². The van der Waals surface area contributed by atoms with Gasteiger partial charge in [0.1, 0.15) is 0 Å². The van der Waals surface area contributed by atoms with E-state index in [1.165, 1.54) is 12.0 Å². The number of nitrogens with zero attached hydrogens (tertiary/aromatic N) is 2. The minimum absolute atomic E-state index is 0.249. The molecule has 1 aliphatic heterocycles. The second-order valence-corrected chi connectivity index (χ2v) is 6.12. The molecule has 122 valence electrons. The number of rotatable bonds is 7. The van der Waals surface area contributed by atoms with Gasteiger partial charge in [-0.05, 0) is 31.7 Å². The molecule has 0 radical (unpaired) electrons. The number of hydrogen-bond acceptors (Lipinski definition) is 3.